The van der Waals surface area contributed by atoms with Crippen molar-refractivity contribution in [2.45, 2.75) is 32.7 Å². The van der Waals surface area contributed by atoms with E-state index in [1.807, 2.05) is 0 Å². The second-order valence-corrected chi connectivity index (χ2v) is 5.08. The zero-order chi connectivity index (χ0) is 8.91. The molecule has 4 heteroatoms. The summed E-state index contributed by atoms with van der Waals surface area (Å²) >= 11 is 0. The minimum absolute atomic E-state index is 0.128. The van der Waals surface area contributed by atoms with Gasteiger partial charge in [0.2, 0.25) is 0 Å². The number of hydrogen-bond acceptors (Lipinski definition) is 3. The number of nitrogens with one attached hydrogen (secondary N) is 1. The molecule has 0 bridgehead atoms. The third-order valence-corrected chi connectivity index (χ3v) is 3.69. The Hall–Kier alpha value is 0.0969. The molecule has 0 aliphatic carbocycles. The third-order valence-electron chi connectivity index (χ3n) is 1.82. The van der Waals surface area contributed by atoms with Gasteiger partial charge in [0, 0.05) is 19.8 Å². The van der Waals surface area contributed by atoms with E-state index in [-0.39, 0.29) is 5.54 Å². The lowest BCUT2D eigenvalue weighted by Crippen LogP contribution is -2.50. The molecule has 11 heavy (non-hydrogen) atoms. The summed E-state index contributed by atoms with van der Waals surface area (Å²) in [5.74, 6) is 0. The van der Waals surface area contributed by atoms with Crippen molar-refractivity contribution in [3.05, 3.63) is 0 Å². The molecular formula is C7H19NO2Si. The second kappa shape index (κ2) is 4.87. The SMILES string of the molecule is CCC(C)(C)N[SiH](OC)OC. The highest BCUT2D eigenvalue weighted by Gasteiger charge is 2.21. The average molecular weight is 177 g/mol. The summed E-state index contributed by atoms with van der Waals surface area (Å²) in [5, 5.41) is 0. The highest BCUT2D eigenvalue weighted by molar-refractivity contribution is 6.41. The summed E-state index contributed by atoms with van der Waals surface area (Å²) in [5.41, 5.74) is 0.128. The van der Waals surface area contributed by atoms with Gasteiger partial charge in [0.1, 0.15) is 0 Å². The molecule has 0 radical (unpaired) electrons. The zero-order valence-corrected chi connectivity index (χ0v) is 9.26. The first-order chi connectivity index (χ1) is 5.05. The van der Waals surface area contributed by atoms with Gasteiger partial charge in [0.05, 0.1) is 0 Å². The highest BCUT2D eigenvalue weighted by atomic mass is 28.3. The first-order valence-electron chi connectivity index (χ1n) is 3.89. The van der Waals surface area contributed by atoms with Crippen LogP contribution in [0.1, 0.15) is 27.2 Å². The predicted octanol–water partition coefficient (Wildman–Crippen LogP) is 0.775. The van der Waals surface area contributed by atoms with E-state index < -0.39 is 9.45 Å². The van der Waals surface area contributed by atoms with Gasteiger partial charge >= 0.3 is 9.45 Å². The molecule has 0 aliphatic heterocycles. The number of hydrogen-bond donors (Lipinski definition) is 1. The summed E-state index contributed by atoms with van der Waals surface area (Å²) in [6.45, 7) is 6.43. The summed E-state index contributed by atoms with van der Waals surface area (Å²) in [6.07, 6.45) is 1.07. The van der Waals surface area contributed by atoms with Gasteiger partial charge in [-0.1, -0.05) is 6.92 Å². The van der Waals surface area contributed by atoms with Crippen LogP contribution in [-0.2, 0) is 8.85 Å². The molecule has 0 saturated carbocycles. The van der Waals surface area contributed by atoms with Crippen LogP contribution in [0, 0.1) is 0 Å². The molecule has 0 aromatic carbocycles. The lowest BCUT2D eigenvalue weighted by atomic mass is 10.0. The summed E-state index contributed by atoms with van der Waals surface area (Å²) in [4.78, 5) is 3.34. The lowest BCUT2D eigenvalue weighted by Gasteiger charge is -2.27. The molecule has 0 rings (SSSR count). The van der Waals surface area contributed by atoms with Gasteiger partial charge in [-0.05, 0) is 20.3 Å². The Morgan fingerprint density at radius 3 is 2.00 bits per heavy atom. The fraction of sp³-hybridized carbons (Fsp3) is 1.00. The molecule has 0 atom stereocenters. The predicted molar refractivity (Wildman–Crippen MR) is 48.7 cm³/mol. The van der Waals surface area contributed by atoms with Gasteiger partial charge in [-0.15, -0.1) is 0 Å². The van der Waals surface area contributed by atoms with Gasteiger partial charge in [-0.3, -0.25) is 4.98 Å². The summed E-state index contributed by atoms with van der Waals surface area (Å²) < 4.78 is 10.3. The Morgan fingerprint density at radius 2 is 1.73 bits per heavy atom. The Balaban J connectivity index is 3.79. The first kappa shape index (κ1) is 11.1. The van der Waals surface area contributed by atoms with Gasteiger partial charge in [0.15, 0.2) is 0 Å². The van der Waals surface area contributed by atoms with Gasteiger partial charge in [-0.25, -0.2) is 0 Å². The topological polar surface area (TPSA) is 30.5 Å². The van der Waals surface area contributed by atoms with Gasteiger partial charge in [-0.2, -0.15) is 0 Å². The van der Waals surface area contributed by atoms with E-state index in [9.17, 15) is 0 Å². The van der Waals surface area contributed by atoms with Gasteiger partial charge < -0.3 is 8.85 Å². The highest BCUT2D eigenvalue weighted by Crippen LogP contribution is 2.07. The molecule has 0 unspecified atom stereocenters. The number of rotatable bonds is 5. The van der Waals surface area contributed by atoms with Crippen LogP contribution in [-0.4, -0.2) is 29.2 Å². The molecule has 0 heterocycles. The molecule has 0 aliphatic rings. The quantitative estimate of drug-likeness (QED) is 0.629. The minimum Gasteiger partial charge on any atom is -0.388 e. The maximum Gasteiger partial charge on any atom is 0.408 e. The molecule has 68 valence electrons. The molecule has 0 spiro atoms. The van der Waals surface area contributed by atoms with Crippen LogP contribution < -0.4 is 4.98 Å². The smallest absolute Gasteiger partial charge is 0.388 e. The van der Waals surface area contributed by atoms with Crippen LogP contribution in [0.5, 0.6) is 0 Å². The Morgan fingerprint density at radius 1 is 1.27 bits per heavy atom. The molecule has 0 aromatic heterocycles. The molecule has 0 amide bonds. The van der Waals surface area contributed by atoms with Crippen LogP contribution in [0.3, 0.4) is 0 Å². The van der Waals surface area contributed by atoms with Crippen molar-refractivity contribution in [1.82, 2.24) is 4.98 Å². The maximum absolute atomic E-state index is 5.14. The average Bonchev–Trinajstić information content (AvgIpc) is 2.00. The van der Waals surface area contributed by atoms with E-state index in [4.69, 9.17) is 8.85 Å². The molecule has 1 N–H and O–H groups in total. The van der Waals surface area contributed by atoms with Crippen LogP contribution in [0.2, 0.25) is 0 Å². The van der Waals surface area contributed by atoms with E-state index in [1.54, 1.807) is 14.2 Å². The lowest BCUT2D eigenvalue weighted by molar-refractivity contribution is 0.243. The van der Waals surface area contributed by atoms with Crippen molar-refractivity contribution in [3.8, 4) is 0 Å². The summed E-state index contributed by atoms with van der Waals surface area (Å²) in [6, 6.07) is 0. The Bertz CT molecular complexity index is 105. The monoisotopic (exact) mass is 177 g/mol. The van der Waals surface area contributed by atoms with Crippen molar-refractivity contribution in [2.75, 3.05) is 14.2 Å². The van der Waals surface area contributed by atoms with Crippen molar-refractivity contribution in [3.63, 3.8) is 0 Å². The van der Waals surface area contributed by atoms with E-state index in [0.29, 0.717) is 0 Å². The van der Waals surface area contributed by atoms with Crippen LogP contribution in [0.15, 0.2) is 0 Å². The molecule has 0 fully saturated rings. The normalized spacial score (nSPS) is 12.5. The van der Waals surface area contributed by atoms with Crippen molar-refractivity contribution in [1.29, 1.82) is 0 Å². The maximum atomic E-state index is 5.14. The Labute approximate surface area is 71.0 Å². The van der Waals surface area contributed by atoms with Crippen molar-refractivity contribution >= 4 is 9.45 Å². The molecule has 0 saturated heterocycles. The second-order valence-electron chi connectivity index (χ2n) is 3.19. The van der Waals surface area contributed by atoms with Crippen molar-refractivity contribution < 1.29 is 8.85 Å². The first-order valence-corrected chi connectivity index (χ1v) is 5.41. The van der Waals surface area contributed by atoms with Crippen molar-refractivity contribution in [2.24, 2.45) is 0 Å². The largest absolute Gasteiger partial charge is 0.408 e. The Kier molecular flexibility index (Phi) is 4.91. The fourth-order valence-electron chi connectivity index (χ4n) is 0.635. The third kappa shape index (κ3) is 4.52. The van der Waals surface area contributed by atoms with Crippen LogP contribution in [0.25, 0.3) is 0 Å². The van der Waals surface area contributed by atoms with E-state index in [2.05, 4.69) is 25.8 Å². The van der Waals surface area contributed by atoms with E-state index in [1.165, 1.54) is 0 Å². The molecule has 3 nitrogen and oxygen atoms in total. The fourth-order valence-corrected chi connectivity index (χ4v) is 1.91. The minimum atomic E-state index is -1.58. The van der Waals surface area contributed by atoms with Crippen LogP contribution >= 0.6 is 0 Å². The standard InChI is InChI=1S/C7H19NO2Si/c1-6-7(2,3)8-11(9-4)10-5/h8,11H,6H2,1-5H3. The zero-order valence-electron chi connectivity index (χ0n) is 8.10. The molecule has 0 aromatic rings. The van der Waals surface area contributed by atoms with E-state index in [0.717, 1.165) is 6.42 Å². The van der Waals surface area contributed by atoms with Crippen LogP contribution in [0.4, 0.5) is 0 Å². The van der Waals surface area contributed by atoms with E-state index >= 15 is 0 Å². The molecular weight excluding hydrogens is 158 g/mol. The van der Waals surface area contributed by atoms with Gasteiger partial charge in [0.25, 0.3) is 0 Å². The summed E-state index contributed by atoms with van der Waals surface area (Å²) in [7, 11) is 1.77.